The Bertz CT molecular complexity index is 1400. The number of hydrogen-bond acceptors (Lipinski definition) is 20. The lowest BCUT2D eigenvalue weighted by atomic mass is 10.2. The van der Waals surface area contributed by atoms with E-state index in [0.29, 0.717) is 30.1 Å². The summed E-state index contributed by atoms with van der Waals surface area (Å²) in [6, 6.07) is 1.08. The molecule has 0 aliphatic heterocycles. The zero-order valence-electron chi connectivity index (χ0n) is 48.0. The molecule has 25 nitrogen and oxygen atoms in total. The zero-order chi connectivity index (χ0) is 59.2. The largest absolute Gasteiger partial charge is 0.544 e. The van der Waals surface area contributed by atoms with Crippen LogP contribution in [0.4, 0.5) is 0 Å². The molecule has 0 aromatic rings. The highest BCUT2D eigenvalue weighted by molar-refractivity contribution is 5.66. The molecule has 6 unspecified atom stereocenters. The molecular formula is C50H109N7O18+2. The van der Waals surface area contributed by atoms with Crippen molar-refractivity contribution in [2.75, 3.05) is 165 Å². The van der Waals surface area contributed by atoms with E-state index in [0.717, 1.165) is 26.2 Å². The monoisotopic (exact) mass is 1100 g/mol. The number of carboxylic acid groups (broad SMARTS) is 3. The molecule has 0 fully saturated rings. The molecule has 0 amide bonds. The molecule has 0 saturated heterocycles. The maximum atomic E-state index is 10.8. The van der Waals surface area contributed by atoms with E-state index in [1.54, 1.807) is 7.05 Å². The molecule has 0 radical (unpaired) electrons. The van der Waals surface area contributed by atoms with Crippen molar-refractivity contribution in [3.8, 4) is 0 Å². The fraction of sp³-hybridized carbons (Fsp3) is 0.860. The van der Waals surface area contributed by atoms with E-state index >= 15 is 0 Å². The Balaban J connectivity index is -0.000000276. The number of aliphatic hydroxyl groups excluding tert-OH is 9. The standard InChI is InChI=1S/C12H25NO6.C11H23NO5.C10H21NO5.C9H20N2O.C8H18N2O/c1-10(2)19-9-11(16)7-13(3-5-14,4-6-15)8-12(17)18;1-9(2)17-8-10(14)6-12(3,4-5-13)7-11(15)16;1-8(2)16-7-9(13)5-11(3-4-12)6-10(14)15;1-8(2)10-5-6-11(4)7-9(3)12;1-7(2)10-5-4-9-6-8(3)11/h10-11,14-16H,3-9H2,1-2H3;9-10,13-14H,4-8H2,1-3H3;8-9,12-13H,3-7H2,1-2H3,(H,14,15);8,10,12H,3,5-7H2,1-2,4H3;7,9-11H,3-6H2,1-2H3/p+2. The highest BCUT2D eigenvalue weighted by Crippen LogP contribution is 2.09. The van der Waals surface area contributed by atoms with Gasteiger partial charge >= 0.3 is 0 Å². The Kier molecular flexibility index (Phi) is 54.1. The van der Waals surface area contributed by atoms with E-state index in [2.05, 4.69) is 51.5 Å². The van der Waals surface area contributed by atoms with Crippen molar-refractivity contribution in [1.82, 2.24) is 10.6 Å². The van der Waals surface area contributed by atoms with Crippen LogP contribution in [0.5, 0.6) is 0 Å². The fourth-order valence-electron chi connectivity index (χ4n) is 6.75. The van der Waals surface area contributed by atoms with E-state index in [1.807, 2.05) is 53.9 Å². The Morgan fingerprint density at radius 2 is 1.04 bits per heavy atom. The van der Waals surface area contributed by atoms with Gasteiger partial charge < -0.3 is 125 Å². The summed E-state index contributed by atoms with van der Waals surface area (Å²) in [5, 5.41) is 123. The van der Waals surface area contributed by atoms with Crippen LogP contribution in [0.15, 0.2) is 24.7 Å². The molecule has 0 aromatic heterocycles. The highest BCUT2D eigenvalue weighted by Gasteiger charge is 2.30. The smallest absolute Gasteiger partial charge is 0.139 e. The summed E-state index contributed by atoms with van der Waals surface area (Å²) < 4.78 is 15.6. The third-order valence-corrected chi connectivity index (χ3v) is 10.2. The number of hydrogen-bond donors (Lipinski definition) is 14. The van der Waals surface area contributed by atoms with Crippen molar-refractivity contribution >= 4 is 17.9 Å². The Morgan fingerprint density at radius 3 is 1.41 bits per heavy atom. The molecule has 0 heterocycles. The van der Waals surface area contributed by atoms with Crippen LogP contribution < -0.4 is 41.1 Å². The number of rotatable bonds is 41. The number of quaternary nitrogens is 5. The summed E-state index contributed by atoms with van der Waals surface area (Å²) in [6.45, 7) is 31.8. The van der Waals surface area contributed by atoms with Crippen molar-refractivity contribution in [3.05, 3.63) is 24.7 Å². The summed E-state index contributed by atoms with van der Waals surface area (Å²) in [4.78, 5) is 33.7. The predicted molar refractivity (Wildman–Crippen MR) is 279 cm³/mol. The highest BCUT2D eigenvalue weighted by atomic mass is 16.5. The number of nitrogens with zero attached hydrogens (tertiary/aromatic N) is 2. The normalized spacial score (nSPS) is 14.2. The maximum Gasteiger partial charge on any atom is 0.139 e. The molecule has 15 N–H and O–H groups in total. The van der Waals surface area contributed by atoms with Crippen LogP contribution in [-0.4, -0.2) is 287 Å². The number of nitrogens with one attached hydrogen (secondary N) is 4. The van der Waals surface area contributed by atoms with Crippen molar-refractivity contribution in [2.45, 2.75) is 118 Å². The van der Waals surface area contributed by atoms with Crippen LogP contribution in [0.1, 0.15) is 69.2 Å². The first-order valence-electron chi connectivity index (χ1n) is 26.0. The van der Waals surface area contributed by atoms with E-state index in [-0.39, 0.29) is 150 Å². The van der Waals surface area contributed by atoms with Crippen molar-refractivity contribution in [1.29, 1.82) is 0 Å². The number of ether oxygens (including phenoxy) is 3. The first-order chi connectivity index (χ1) is 34.7. The SMILES string of the molecule is C=C(O)C[NH+](C)CCNC(C)C.C=C(O)C[NH2+]CCNC(C)C.CC(C)OCC(O)C[N+](C)(CCO)CC(=O)[O-].CC(C)OCC(O)C[N+](CCO)(CCO)CC(=O)[O-].CC(C)OCC(O)C[NH+](CCO)CC(=O)[O-]. The maximum absolute atomic E-state index is 10.8. The van der Waals surface area contributed by atoms with Gasteiger partial charge in [0.25, 0.3) is 0 Å². The molecule has 75 heavy (non-hydrogen) atoms. The zero-order valence-corrected chi connectivity index (χ0v) is 48.0. The van der Waals surface area contributed by atoms with Crippen LogP contribution >= 0.6 is 0 Å². The van der Waals surface area contributed by atoms with Gasteiger partial charge in [0.15, 0.2) is 0 Å². The van der Waals surface area contributed by atoms with Gasteiger partial charge in [0.05, 0.1) is 110 Å². The number of likely N-dealkylation sites (N-methyl/N-ethyl adjacent to an activating group) is 2. The number of aliphatic hydroxyl groups is 9. The summed E-state index contributed by atoms with van der Waals surface area (Å²) in [5.74, 6) is -3.16. The number of carbonyl (C=O) groups excluding carboxylic acids is 3. The quantitative estimate of drug-likeness (QED) is 0.0154. The van der Waals surface area contributed by atoms with E-state index < -0.39 is 36.2 Å². The number of carbonyl (C=O) groups is 3. The molecule has 0 rings (SSSR count). The average molecular weight is 1100 g/mol. The van der Waals surface area contributed by atoms with Crippen LogP contribution in [0, 0.1) is 0 Å². The van der Waals surface area contributed by atoms with Gasteiger partial charge in [-0.05, 0) is 41.5 Å². The summed E-state index contributed by atoms with van der Waals surface area (Å²) in [5.41, 5.74) is 0. The minimum atomic E-state index is -1.28. The molecule has 25 heteroatoms. The third-order valence-electron chi connectivity index (χ3n) is 10.2. The van der Waals surface area contributed by atoms with Crippen molar-refractivity contribution in [3.63, 3.8) is 0 Å². The first-order valence-corrected chi connectivity index (χ1v) is 26.0. The topological polar surface area (TPSA) is 380 Å². The van der Waals surface area contributed by atoms with E-state index in [4.69, 9.17) is 44.8 Å². The minimum Gasteiger partial charge on any atom is -0.544 e. The van der Waals surface area contributed by atoms with Crippen LogP contribution in [-0.2, 0) is 28.6 Å². The third kappa shape index (κ3) is 63.2. The lowest BCUT2D eigenvalue weighted by molar-refractivity contribution is -0.926. The average Bonchev–Trinajstić information content (AvgIpc) is 3.24. The van der Waals surface area contributed by atoms with Crippen molar-refractivity contribution < 1.29 is 114 Å². The van der Waals surface area contributed by atoms with Crippen LogP contribution in [0.3, 0.4) is 0 Å². The molecule has 0 spiro atoms. The second kappa shape index (κ2) is 50.3. The first kappa shape index (κ1) is 80.7. The van der Waals surface area contributed by atoms with Crippen LogP contribution in [0.25, 0.3) is 0 Å². The molecule has 0 aromatic carbocycles. The number of carboxylic acids is 3. The van der Waals surface area contributed by atoms with E-state index in [1.165, 1.54) is 4.90 Å². The molecule has 0 saturated carbocycles. The van der Waals surface area contributed by atoms with Gasteiger partial charge in [-0.15, -0.1) is 0 Å². The molecule has 450 valence electrons. The second-order valence-electron chi connectivity index (χ2n) is 20.3. The summed E-state index contributed by atoms with van der Waals surface area (Å²) in [6.07, 6.45) is -2.34. The van der Waals surface area contributed by atoms with Gasteiger partial charge in [-0.1, -0.05) is 40.9 Å². The molecule has 0 aliphatic rings. The fourth-order valence-corrected chi connectivity index (χ4v) is 6.75. The Morgan fingerprint density at radius 1 is 0.600 bits per heavy atom. The van der Waals surface area contributed by atoms with Gasteiger partial charge in [0, 0.05) is 25.2 Å². The predicted octanol–water partition coefficient (Wildman–Crippen LogP) is -9.13. The van der Waals surface area contributed by atoms with Gasteiger partial charge in [-0.3, -0.25) is 0 Å². The van der Waals surface area contributed by atoms with Gasteiger partial charge in [0.2, 0.25) is 0 Å². The minimum absolute atomic E-state index is 0.0161. The van der Waals surface area contributed by atoms with Crippen molar-refractivity contribution in [2.24, 2.45) is 0 Å². The molecule has 6 atom stereocenters. The van der Waals surface area contributed by atoms with Gasteiger partial charge in [0.1, 0.15) is 108 Å². The molecule has 0 aliphatic carbocycles. The molecule has 0 bridgehead atoms. The number of nitrogens with two attached hydrogens (primary N) is 1. The second-order valence-corrected chi connectivity index (χ2v) is 20.3. The Labute approximate surface area is 449 Å². The lowest BCUT2D eigenvalue weighted by Gasteiger charge is -2.39. The summed E-state index contributed by atoms with van der Waals surface area (Å²) >= 11 is 0. The van der Waals surface area contributed by atoms with Gasteiger partial charge in [-0.25, -0.2) is 0 Å². The Hall–Kier alpha value is -3.19. The number of aliphatic carboxylic acids is 3. The lowest BCUT2D eigenvalue weighted by Crippen LogP contribution is -3.15. The summed E-state index contributed by atoms with van der Waals surface area (Å²) in [7, 11) is 3.70. The van der Waals surface area contributed by atoms with Crippen LogP contribution in [0.2, 0.25) is 0 Å². The van der Waals surface area contributed by atoms with Gasteiger partial charge in [-0.2, -0.15) is 0 Å². The van der Waals surface area contributed by atoms with E-state index in [9.17, 15) is 45.0 Å². The molecular weight excluding hydrogens is 987 g/mol.